The standard InChI is InChI=1S/C15H28N2O3/c1-19-11-8-16-12-15(18)17-9-6-14(7-10-17)20-13-4-2-3-5-13/h13-14,16H,2-12H2,1H3. The molecule has 2 aliphatic rings. The normalized spacial score (nSPS) is 21.6. The van der Waals surface area contributed by atoms with Crippen LogP contribution in [0.2, 0.25) is 0 Å². The van der Waals surface area contributed by atoms with E-state index in [2.05, 4.69) is 5.32 Å². The summed E-state index contributed by atoms with van der Waals surface area (Å²) in [4.78, 5) is 13.9. The van der Waals surface area contributed by atoms with Crippen LogP contribution in [0, 0.1) is 0 Å². The molecular formula is C15H28N2O3. The average molecular weight is 284 g/mol. The van der Waals surface area contributed by atoms with Crippen molar-refractivity contribution in [3.05, 3.63) is 0 Å². The Morgan fingerprint density at radius 2 is 1.80 bits per heavy atom. The van der Waals surface area contributed by atoms with E-state index in [1.54, 1.807) is 7.11 Å². The van der Waals surface area contributed by atoms with Gasteiger partial charge >= 0.3 is 0 Å². The van der Waals surface area contributed by atoms with E-state index in [0.29, 0.717) is 25.4 Å². The molecular weight excluding hydrogens is 256 g/mol. The zero-order valence-electron chi connectivity index (χ0n) is 12.6. The Balaban J connectivity index is 1.59. The van der Waals surface area contributed by atoms with Gasteiger partial charge < -0.3 is 19.7 Å². The maximum atomic E-state index is 12.0. The summed E-state index contributed by atoms with van der Waals surface area (Å²) in [5.74, 6) is 0.195. The molecule has 5 nitrogen and oxygen atoms in total. The van der Waals surface area contributed by atoms with Crippen LogP contribution in [0.1, 0.15) is 38.5 Å². The number of likely N-dealkylation sites (tertiary alicyclic amines) is 1. The van der Waals surface area contributed by atoms with E-state index in [1.807, 2.05) is 4.90 Å². The van der Waals surface area contributed by atoms with Gasteiger partial charge in [0.1, 0.15) is 0 Å². The molecule has 1 saturated heterocycles. The van der Waals surface area contributed by atoms with E-state index in [0.717, 1.165) is 32.5 Å². The SMILES string of the molecule is COCCNCC(=O)N1CCC(OC2CCCC2)CC1. The van der Waals surface area contributed by atoms with Gasteiger partial charge in [0.05, 0.1) is 25.4 Å². The number of piperidine rings is 1. The number of carbonyl (C=O) groups is 1. The second-order valence-electron chi connectivity index (χ2n) is 5.79. The molecule has 0 aromatic heterocycles. The molecule has 1 aliphatic heterocycles. The van der Waals surface area contributed by atoms with Crippen LogP contribution in [0.25, 0.3) is 0 Å². The van der Waals surface area contributed by atoms with Crippen molar-refractivity contribution >= 4 is 5.91 Å². The number of hydrogen-bond donors (Lipinski definition) is 1. The molecule has 2 rings (SSSR count). The van der Waals surface area contributed by atoms with Crippen LogP contribution in [-0.2, 0) is 14.3 Å². The number of amides is 1. The third-order valence-corrected chi connectivity index (χ3v) is 4.24. The smallest absolute Gasteiger partial charge is 0.236 e. The van der Waals surface area contributed by atoms with Gasteiger partial charge in [0.2, 0.25) is 5.91 Å². The van der Waals surface area contributed by atoms with Crippen molar-refractivity contribution in [3.8, 4) is 0 Å². The van der Waals surface area contributed by atoms with E-state index < -0.39 is 0 Å². The molecule has 1 heterocycles. The Kier molecular flexibility index (Phi) is 6.76. The summed E-state index contributed by atoms with van der Waals surface area (Å²) < 4.78 is 11.1. The molecule has 2 fully saturated rings. The minimum absolute atomic E-state index is 0.195. The van der Waals surface area contributed by atoms with Gasteiger partial charge in [-0.15, -0.1) is 0 Å². The van der Waals surface area contributed by atoms with E-state index in [4.69, 9.17) is 9.47 Å². The fourth-order valence-electron chi connectivity index (χ4n) is 3.02. The quantitative estimate of drug-likeness (QED) is 0.713. The first-order chi connectivity index (χ1) is 9.79. The molecule has 20 heavy (non-hydrogen) atoms. The van der Waals surface area contributed by atoms with Crippen LogP contribution in [0.15, 0.2) is 0 Å². The summed E-state index contributed by atoms with van der Waals surface area (Å²) in [6, 6.07) is 0. The van der Waals surface area contributed by atoms with Gasteiger partial charge in [-0.1, -0.05) is 12.8 Å². The van der Waals surface area contributed by atoms with Crippen LogP contribution in [-0.4, -0.2) is 62.9 Å². The summed E-state index contributed by atoms with van der Waals surface area (Å²) in [5, 5.41) is 3.11. The molecule has 0 aromatic carbocycles. The lowest BCUT2D eigenvalue weighted by molar-refractivity contribution is -0.133. The largest absolute Gasteiger partial charge is 0.383 e. The van der Waals surface area contributed by atoms with Crippen LogP contribution >= 0.6 is 0 Å². The van der Waals surface area contributed by atoms with Crippen molar-refractivity contribution in [2.45, 2.75) is 50.7 Å². The van der Waals surface area contributed by atoms with E-state index in [1.165, 1.54) is 25.7 Å². The van der Waals surface area contributed by atoms with Gasteiger partial charge in [-0.2, -0.15) is 0 Å². The summed E-state index contributed by atoms with van der Waals surface area (Å²) in [5.41, 5.74) is 0. The van der Waals surface area contributed by atoms with Crippen molar-refractivity contribution in [1.82, 2.24) is 10.2 Å². The Morgan fingerprint density at radius 1 is 1.15 bits per heavy atom. The molecule has 0 unspecified atom stereocenters. The van der Waals surface area contributed by atoms with Gasteiger partial charge in [0.15, 0.2) is 0 Å². The van der Waals surface area contributed by atoms with Crippen LogP contribution < -0.4 is 5.32 Å². The second kappa shape index (κ2) is 8.60. The number of ether oxygens (including phenoxy) is 2. The molecule has 116 valence electrons. The number of hydrogen-bond acceptors (Lipinski definition) is 4. The lowest BCUT2D eigenvalue weighted by Crippen LogP contribution is -2.45. The number of rotatable bonds is 7. The highest BCUT2D eigenvalue weighted by Gasteiger charge is 2.26. The zero-order chi connectivity index (χ0) is 14.2. The van der Waals surface area contributed by atoms with Crippen molar-refractivity contribution in [3.63, 3.8) is 0 Å². The van der Waals surface area contributed by atoms with Crippen molar-refractivity contribution < 1.29 is 14.3 Å². The highest BCUT2D eigenvalue weighted by molar-refractivity contribution is 5.78. The first-order valence-electron chi connectivity index (χ1n) is 7.92. The predicted molar refractivity (Wildman–Crippen MR) is 77.7 cm³/mol. The van der Waals surface area contributed by atoms with Crippen molar-refractivity contribution in [2.24, 2.45) is 0 Å². The van der Waals surface area contributed by atoms with Gasteiger partial charge in [0.25, 0.3) is 0 Å². The highest BCUT2D eigenvalue weighted by atomic mass is 16.5. The summed E-state index contributed by atoms with van der Waals surface area (Å²) in [6.07, 6.45) is 7.90. The lowest BCUT2D eigenvalue weighted by Gasteiger charge is -2.33. The third kappa shape index (κ3) is 5.04. The van der Waals surface area contributed by atoms with Crippen molar-refractivity contribution in [2.75, 3.05) is 39.9 Å². The fraction of sp³-hybridized carbons (Fsp3) is 0.933. The predicted octanol–water partition coefficient (Wildman–Crippen LogP) is 1.17. The molecule has 0 bridgehead atoms. The molecule has 0 spiro atoms. The Hall–Kier alpha value is -0.650. The maximum Gasteiger partial charge on any atom is 0.236 e. The Labute approximate surface area is 122 Å². The minimum Gasteiger partial charge on any atom is -0.383 e. The van der Waals surface area contributed by atoms with Crippen LogP contribution in [0.3, 0.4) is 0 Å². The van der Waals surface area contributed by atoms with Gasteiger partial charge in [-0.3, -0.25) is 4.79 Å². The topological polar surface area (TPSA) is 50.8 Å². The Morgan fingerprint density at radius 3 is 2.45 bits per heavy atom. The van der Waals surface area contributed by atoms with Gasteiger partial charge in [-0.25, -0.2) is 0 Å². The minimum atomic E-state index is 0.195. The highest BCUT2D eigenvalue weighted by Crippen LogP contribution is 2.25. The molecule has 1 amide bonds. The molecule has 5 heteroatoms. The maximum absolute atomic E-state index is 12.0. The molecule has 1 saturated carbocycles. The molecule has 0 radical (unpaired) electrons. The number of nitrogens with one attached hydrogen (secondary N) is 1. The Bertz CT molecular complexity index is 285. The first kappa shape index (κ1) is 15.7. The first-order valence-corrected chi connectivity index (χ1v) is 7.92. The van der Waals surface area contributed by atoms with Crippen molar-refractivity contribution in [1.29, 1.82) is 0 Å². The van der Waals surface area contributed by atoms with Crippen LogP contribution in [0.4, 0.5) is 0 Å². The van der Waals surface area contributed by atoms with Gasteiger partial charge in [0, 0.05) is 26.7 Å². The average Bonchev–Trinajstić information content (AvgIpc) is 2.97. The fourth-order valence-corrected chi connectivity index (χ4v) is 3.02. The molecule has 0 aromatic rings. The number of carbonyl (C=O) groups excluding carboxylic acids is 1. The van der Waals surface area contributed by atoms with E-state index >= 15 is 0 Å². The lowest BCUT2D eigenvalue weighted by atomic mass is 10.1. The molecule has 1 N–H and O–H groups in total. The van der Waals surface area contributed by atoms with E-state index in [9.17, 15) is 4.79 Å². The summed E-state index contributed by atoms with van der Waals surface area (Å²) in [6.45, 7) is 3.45. The van der Waals surface area contributed by atoms with E-state index in [-0.39, 0.29) is 5.91 Å². The zero-order valence-corrected chi connectivity index (χ0v) is 12.6. The second-order valence-corrected chi connectivity index (χ2v) is 5.79. The molecule has 1 aliphatic carbocycles. The molecule has 0 atom stereocenters. The third-order valence-electron chi connectivity index (χ3n) is 4.24. The number of nitrogens with zero attached hydrogens (tertiary/aromatic N) is 1. The summed E-state index contributed by atoms with van der Waals surface area (Å²) in [7, 11) is 1.67. The summed E-state index contributed by atoms with van der Waals surface area (Å²) >= 11 is 0. The van der Waals surface area contributed by atoms with Crippen LogP contribution in [0.5, 0.6) is 0 Å². The van der Waals surface area contributed by atoms with Gasteiger partial charge in [-0.05, 0) is 25.7 Å². The monoisotopic (exact) mass is 284 g/mol. The number of methoxy groups -OCH3 is 1.